The van der Waals surface area contributed by atoms with E-state index in [1.54, 1.807) is 4.90 Å². The molecule has 4 nitrogen and oxygen atoms in total. The van der Waals surface area contributed by atoms with Gasteiger partial charge < -0.3 is 9.84 Å². The molecule has 0 fully saturated rings. The van der Waals surface area contributed by atoms with Crippen LogP contribution in [0.25, 0.3) is 11.1 Å². The van der Waals surface area contributed by atoms with Crippen LogP contribution in [0.3, 0.4) is 0 Å². The fourth-order valence-electron chi connectivity index (χ4n) is 4.73. The van der Waals surface area contributed by atoms with Crippen molar-refractivity contribution in [3.05, 3.63) is 89.0 Å². The molecule has 1 atom stereocenters. The van der Waals surface area contributed by atoms with Crippen molar-refractivity contribution in [1.82, 2.24) is 0 Å². The molecule has 4 heteroatoms. The molecule has 0 bridgehead atoms. The summed E-state index contributed by atoms with van der Waals surface area (Å²) >= 11 is 0. The number of ether oxygens (including phenoxy) is 1. The Morgan fingerprint density at radius 3 is 2.34 bits per heavy atom. The van der Waals surface area contributed by atoms with Crippen LogP contribution in [0.2, 0.25) is 0 Å². The Labute approximate surface area is 170 Å². The lowest BCUT2D eigenvalue weighted by Crippen LogP contribution is -2.43. The summed E-state index contributed by atoms with van der Waals surface area (Å²) in [6.07, 6.45) is -0.421. The van der Waals surface area contributed by atoms with E-state index in [2.05, 4.69) is 24.3 Å². The third-order valence-corrected chi connectivity index (χ3v) is 6.00. The van der Waals surface area contributed by atoms with Crippen LogP contribution < -0.4 is 4.90 Å². The zero-order valence-electron chi connectivity index (χ0n) is 16.3. The van der Waals surface area contributed by atoms with E-state index in [4.69, 9.17) is 4.74 Å². The first-order valence-corrected chi connectivity index (χ1v) is 10.0. The van der Waals surface area contributed by atoms with E-state index in [1.807, 2.05) is 49.4 Å². The predicted molar refractivity (Wildman–Crippen MR) is 113 cm³/mol. The molecular formula is C25H23NO3. The first-order chi connectivity index (χ1) is 14.1. The van der Waals surface area contributed by atoms with E-state index in [-0.39, 0.29) is 19.1 Å². The topological polar surface area (TPSA) is 49.8 Å². The summed E-state index contributed by atoms with van der Waals surface area (Å²) in [5.74, 6) is 0.0254. The Bertz CT molecular complexity index is 1050. The van der Waals surface area contributed by atoms with Gasteiger partial charge in [0.25, 0.3) is 0 Å². The summed E-state index contributed by atoms with van der Waals surface area (Å²) in [7, 11) is 0. The molecule has 1 amide bonds. The number of anilines is 1. The molecule has 2 aliphatic rings. The number of carbonyl (C=O) groups is 1. The van der Waals surface area contributed by atoms with Gasteiger partial charge in [0.05, 0.1) is 18.3 Å². The molecular weight excluding hydrogens is 362 g/mol. The molecule has 3 aromatic rings. The summed E-state index contributed by atoms with van der Waals surface area (Å²) in [5.41, 5.74) is 7.67. The number of hydrogen-bond donors (Lipinski definition) is 1. The third-order valence-electron chi connectivity index (χ3n) is 6.00. The van der Waals surface area contributed by atoms with Gasteiger partial charge in [0.1, 0.15) is 6.61 Å². The number of fused-ring (bicyclic) bond motifs is 4. The lowest BCUT2D eigenvalue weighted by atomic mass is 9.97. The van der Waals surface area contributed by atoms with Crippen molar-refractivity contribution in [2.24, 2.45) is 0 Å². The Balaban J connectivity index is 1.41. The standard InChI is InChI=1S/C25H23NO3/c1-16-7-6-8-17-13-18(27)14-26(24(16)17)25(28)29-15-23-21-11-4-2-9-19(21)20-10-3-5-12-22(20)23/h2-12,18,23,27H,13-15H2,1H3. The van der Waals surface area contributed by atoms with Gasteiger partial charge in [-0.25, -0.2) is 4.79 Å². The number of carbonyl (C=O) groups excluding carboxylic acids is 1. The minimum absolute atomic E-state index is 0.0254. The Kier molecular flexibility index (Phi) is 4.36. The average Bonchev–Trinajstić information content (AvgIpc) is 3.05. The number of β-amino-alcohol motifs (C(OH)–C–C–N with tert-alkyl or cyclic N) is 1. The quantitative estimate of drug-likeness (QED) is 0.698. The monoisotopic (exact) mass is 385 g/mol. The van der Waals surface area contributed by atoms with E-state index < -0.39 is 12.2 Å². The molecule has 0 saturated heterocycles. The number of aliphatic hydroxyl groups excluding tert-OH is 1. The molecule has 0 radical (unpaired) electrons. The van der Waals surface area contributed by atoms with Gasteiger partial charge in [-0.3, -0.25) is 4.90 Å². The molecule has 1 aliphatic heterocycles. The highest BCUT2D eigenvalue weighted by atomic mass is 16.6. The molecule has 0 spiro atoms. The van der Waals surface area contributed by atoms with Crippen molar-refractivity contribution in [2.75, 3.05) is 18.1 Å². The van der Waals surface area contributed by atoms with Gasteiger partial charge >= 0.3 is 6.09 Å². The molecule has 1 heterocycles. The SMILES string of the molecule is Cc1cccc2c1N(C(=O)OCC1c3ccccc3-c3ccccc31)CC(O)C2. The summed E-state index contributed by atoms with van der Waals surface area (Å²) in [5, 5.41) is 10.3. The number of aryl methyl sites for hydroxylation is 1. The molecule has 3 aromatic carbocycles. The van der Waals surface area contributed by atoms with E-state index in [0.717, 1.165) is 16.8 Å². The Morgan fingerprint density at radius 2 is 1.66 bits per heavy atom. The molecule has 0 aromatic heterocycles. The predicted octanol–water partition coefficient (Wildman–Crippen LogP) is 4.67. The zero-order chi connectivity index (χ0) is 20.0. The largest absolute Gasteiger partial charge is 0.448 e. The van der Waals surface area contributed by atoms with Crippen LogP contribution in [-0.2, 0) is 11.2 Å². The van der Waals surface area contributed by atoms with Crippen LogP contribution in [0.15, 0.2) is 66.7 Å². The number of para-hydroxylation sites is 1. The van der Waals surface area contributed by atoms with Crippen molar-refractivity contribution in [3.63, 3.8) is 0 Å². The number of nitrogens with zero attached hydrogens (tertiary/aromatic N) is 1. The molecule has 1 unspecified atom stereocenters. The second kappa shape index (κ2) is 7.05. The second-order valence-electron chi connectivity index (χ2n) is 7.86. The Morgan fingerprint density at radius 1 is 1.00 bits per heavy atom. The van der Waals surface area contributed by atoms with Gasteiger partial charge in [-0.2, -0.15) is 0 Å². The highest BCUT2D eigenvalue weighted by molar-refractivity contribution is 5.90. The molecule has 5 rings (SSSR count). The van der Waals surface area contributed by atoms with E-state index >= 15 is 0 Å². The number of hydrogen-bond acceptors (Lipinski definition) is 3. The molecule has 29 heavy (non-hydrogen) atoms. The summed E-state index contributed by atoms with van der Waals surface area (Å²) < 4.78 is 5.82. The van der Waals surface area contributed by atoms with E-state index in [9.17, 15) is 9.90 Å². The highest BCUT2D eigenvalue weighted by Crippen LogP contribution is 2.44. The minimum Gasteiger partial charge on any atom is -0.448 e. The maximum atomic E-state index is 13.0. The van der Waals surface area contributed by atoms with E-state index in [1.165, 1.54) is 22.3 Å². The molecule has 1 N–H and O–H groups in total. The van der Waals surface area contributed by atoms with Gasteiger partial charge in [0.15, 0.2) is 0 Å². The van der Waals surface area contributed by atoms with Gasteiger partial charge in [0, 0.05) is 12.3 Å². The second-order valence-corrected chi connectivity index (χ2v) is 7.86. The lowest BCUT2D eigenvalue weighted by molar-refractivity contribution is 0.136. The van der Waals surface area contributed by atoms with Crippen LogP contribution in [0.1, 0.15) is 28.2 Å². The van der Waals surface area contributed by atoms with Crippen molar-refractivity contribution in [1.29, 1.82) is 0 Å². The fourth-order valence-corrected chi connectivity index (χ4v) is 4.73. The van der Waals surface area contributed by atoms with Crippen LogP contribution >= 0.6 is 0 Å². The summed E-state index contributed by atoms with van der Waals surface area (Å²) in [6.45, 7) is 2.52. The lowest BCUT2D eigenvalue weighted by Gasteiger charge is -2.33. The summed E-state index contributed by atoms with van der Waals surface area (Å²) in [6, 6.07) is 22.5. The van der Waals surface area contributed by atoms with Gasteiger partial charge in [-0.05, 0) is 40.3 Å². The van der Waals surface area contributed by atoms with Gasteiger partial charge in [0.2, 0.25) is 0 Å². The zero-order valence-corrected chi connectivity index (χ0v) is 16.3. The number of amides is 1. The van der Waals surface area contributed by atoms with Crippen LogP contribution in [0.4, 0.5) is 10.5 Å². The van der Waals surface area contributed by atoms with Crippen molar-refractivity contribution in [3.8, 4) is 11.1 Å². The van der Waals surface area contributed by atoms with E-state index in [0.29, 0.717) is 6.42 Å². The van der Waals surface area contributed by atoms with Crippen molar-refractivity contribution in [2.45, 2.75) is 25.4 Å². The fraction of sp³-hybridized carbons (Fsp3) is 0.240. The summed E-state index contributed by atoms with van der Waals surface area (Å²) in [4.78, 5) is 14.6. The molecule has 1 aliphatic carbocycles. The average molecular weight is 385 g/mol. The van der Waals surface area contributed by atoms with Crippen molar-refractivity contribution >= 4 is 11.8 Å². The highest BCUT2D eigenvalue weighted by Gasteiger charge is 2.32. The normalized spacial score (nSPS) is 17.4. The van der Waals surface area contributed by atoms with Gasteiger partial charge in [-0.15, -0.1) is 0 Å². The smallest absolute Gasteiger partial charge is 0.414 e. The Hall–Kier alpha value is -3.11. The van der Waals surface area contributed by atoms with Crippen LogP contribution in [-0.4, -0.2) is 30.5 Å². The van der Waals surface area contributed by atoms with Crippen LogP contribution in [0.5, 0.6) is 0 Å². The first kappa shape index (κ1) is 18.0. The molecule has 0 saturated carbocycles. The molecule has 146 valence electrons. The van der Waals surface area contributed by atoms with Crippen LogP contribution in [0, 0.1) is 6.92 Å². The number of aliphatic hydroxyl groups is 1. The van der Waals surface area contributed by atoms with Crippen molar-refractivity contribution < 1.29 is 14.6 Å². The van der Waals surface area contributed by atoms with Gasteiger partial charge in [-0.1, -0.05) is 66.7 Å². The number of rotatable bonds is 2. The third kappa shape index (κ3) is 3.00. The maximum absolute atomic E-state index is 13.0. The minimum atomic E-state index is -0.579. The first-order valence-electron chi connectivity index (χ1n) is 10.0. The maximum Gasteiger partial charge on any atom is 0.414 e. The number of benzene rings is 3.